The number of rotatable bonds is 9. The van der Waals surface area contributed by atoms with Gasteiger partial charge < -0.3 is 4.74 Å². The molecule has 29 heavy (non-hydrogen) atoms. The summed E-state index contributed by atoms with van der Waals surface area (Å²) in [4.78, 5) is 13.1. The largest absolute Gasteiger partial charge is 0.497 e. The molecule has 0 saturated heterocycles. The van der Waals surface area contributed by atoms with Crippen LogP contribution in [0.4, 0.5) is 0 Å². The first-order chi connectivity index (χ1) is 14.0. The Morgan fingerprint density at radius 3 is 1.97 bits per heavy atom. The number of ether oxygens (including phenoxy) is 1. The zero-order valence-corrected chi connectivity index (χ0v) is 16.9. The first kappa shape index (κ1) is 20.8. The third-order valence-electron chi connectivity index (χ3n) is 4.50. The fraction of sp³-hybridized carbons (Fsp3) is 0.174. The number of methoxy groups -OCH3 is 1. The zero-order valence-electron chi connectivity index (χ0n) is 16.1. The van der Waals surface area contributed by atoms with E-state index in [-0.39, 0.29) is 18.0 Å². The first-order valence-corrected chi connectivity index (χ1v) is 10.9. The molecule has 0 aliphatic heterocycles. The van der Waals surface area contributed by atoms with Crippen molar-refractivity contribution in [2.45, 2.75) is 18.2 Å². The second-order valence-electron chi connectivity index (χ2n) is 6.70. The lowest BCUT2D eigenvalue weighted by Crippen LogP contribution is -2.42. The molecule has 5 nitrogen and oxygen atoms in total. The average molecular weight is 410 g/mol. The molecule has 3 aromatic carbocycles. The lowest BCUT2D eigenvalue weighted by molar-refractivity contribution is 0.0953. The van der Waals surface area contributed by atoms with Crippen LogP contribution in [0.2, 0.25) is 0 Å². The van der Waals surface area contributed by atoms with Crippen LogP contribution in [-0.4, -0.2) is 27.4 Å². The van der Waals surface area contributed by atoms with Crippen LogP contribution < -0.4 is 9.46 Å². The molecule has 3 aromatic rings. The Morgan fingerprint density at radius 2 is 1.41 bits per heavy atom. The number of Topliss-reactive ketones (excluding diaryl/α,β-unsaturated/α-hetero) is 1. The van der Waals surface area contributed by atoms with Crippen molar-refractivity contribution in [1.29, 1.82) is 0 Å². The van der Waals surface area contributed by atoms with Gasteiger partial charge in [0.15, 0.2) is 5.78 Å². The monoisotopic (exact) mass is 409 g/mol. The van der Waals surface area contributed by atoms with Gasteiger partial charge in [-0.15, -0.1) is 0 Å². The summed E-state index contributed by atoms with van der Waals surface area (Å²) >= 11 is 0. The standard InChI is InChI=1S/C23H23NO4S/c1-28-21-14-12-20(13-15-21)23(25)22(16-18-8-4-2-5-9-18)24-29(26,27)17-19-10-6-3-7-11-19/h2-15,22,24H,16-17H2,1H3/t22-/m1/s1. The Kier molecular flexibility index (Phi) is 6.80. The minimum absolute atomic E-state index is 0.185. The van der Waals surface area contributed by atoms with E-state index < -0.39 is 16.1 Å². The molecule has 6 heteroatoms. The lowest BCUT2D eigenvalue weighted by atomic mass is 9.98. The molecule has 0 amide bonds. The fourth-order valence-corrected chi connectivity index (χ4v) is 4.38. The SMILES string of the molecule is COc1ccc(C(=O)[C@@H](Cc2ccccc2)NS(=O)(=O)Cc2ccccc2)cc1. The highest BCUT2D eigenvalue weighted by Gasteiger charge is 2.26. The number of benzene rings is 3. The Morgan fingerprint density at radius 1 is 0.862 bits per heavy atom. The van der Waals surface area contributed by atoms with Gasteiger partial charge in [-0.05, 0) is 41.8 Å². The molecule has 0 unspecified atom stereocenters. The minimum atomic E-state index is -3.72. The van der Waals surface area contributed by atoms with E-state index in [4.69, 9.17) is 4.74 Å². The van der Waals surface area contributed by atoms with Crippen LogP contribution in [0, 0.1) is 0 Å². The Labute approximate surface area is 171 Å². The number of sulfonamides is 1. The maximum atomic E-state index is 13.1. The van der Waals surface area contributed by atoms with E-state index >= 15 is 0 Å². The summed E-state index contributed by atoms with van der Waals surface area (Å²) in [5.41, 5.74) is 1.96. The van der Waals surface area contributed by atoms with Gasteiger partial charge in [0.25, 0.3) is 0 Å². The van der Waals surface area contributed by atoms with Gasteiger partial charge in [-0.2, -0.15) is 0 Å². The van der Waals surface area contributed by atoms with E-state index in [1.165, 1.54) is 0 Å². The molecule has 150 valence electrons. The third-order valence-corrected chi connectivity index (χ3v) is 5.85. The van der Waals surface area contributed by atoms with Gasteiger partial charge in [0, 0.05) is 5.56 Å². The summed E-state index contributed by atoms with van der Waals surface area (Å²) < 4.78 is 33.2. The molecule has 0 radical (unpaired) electrons. The van der Waals surface area contributed by atoms with Crippen LogP contribution in [-0.2, 0) is 22.2 Å². The molecular formula is C23H23NO4S. The molecular weight excluding hydrogens is 386 g/mol. The van der Waals surface area contributed by atoms with Crippen LogP contribution in [0.15, 0.2) is 84.9 Å². The van der Waals surface area contributed by atoms with E-state index in [2.05, 4.69) is 4.72 Å². The molecule has 1 N–H and O–H groups in total. The number of ketones is 1. The molecule has 0 aromatic heterocycles. The predicted octanol–water partition coefficient (Wildman–Crippen LogP) is 3.61. The van der Waals surface area contributed by atoms with Gasteiger partial charge in [-0.3, -0.25) is 4.79 Å². The summed E-state index contributed by atoms with van der Waals surface area (Å²) in [5.74, 6) is 0.161. The highest BCUT2D eigenvalue weighted by atomic mass is 32.2. The van der Waals surface area contributed by atoms with E-state index in [0.29, 0.717) is 16.9 Å². The van der Waals surface area contributed by atoms with Crippen LogP contribution in [0.5, 0.6) is 5.75 Å². The van der Waals surface area contributed by atoms with E-state index in [9.17, 15) is 13.2 Å². The molecule has 3 rings (SSSR count). The van der Waals surface area contributed by atoms with Crippen molar-refractivity contribution in [2.75, 3.05) is 7.11 Å². The number of carbonyl (C=O) groups excluding carboxylic acids is 1. The molecule has 0 aliphatic rings. The number of carbonyl (C=O) groups is 1. The van der Waals surface area contributed by atoms with Crippen molar-refractivity contribution in [3.63, 3.8) is 0 Å². The summed E-state index contributed by atoms with van der Waals surface area (Å²) in [6, 6.07) is 24.0. The quantitative estimate of drug-likeness (QED) is 0.548. The smallest absolute Gasteiger partial charge is 0.216 e. The first-order valence-electron chi connectivity index (χ1n) is 9.23. The van der Waals surface area contributed by atoms with Crippen molar-refractivity contribution in [3.05, 3.63) is 102 Å². The van der Waals surface area contributed by atoms with Gasteiger partial charge in [0.2, 0.25) is 10.0 Å². The number of hydrogen-bond acceptors (Lipinski definition) is 4. The molecule has 0 bridgehead atoms. The average Bonchev–Trinajstić information content (AvgIpc) is 2.74. The normalized spacial score (nSPS) is 12.3. The van der Waals surface area contributed by atoms with Crippen LogP contribution >= 0.6 is 0 Å². The second kappa shape index (κ2) is 9.49. The molecule has 0 heterocycles. The molecule has 1 atom stereocenters. The van der Waals surface area contributed by atoms with Crippen LogP contribution in [0.3, 0.4) is 0 Å². The van der Waals surface area contributed by atoms with Gasteiger partial charge >= 0.3 is 0 Å². The predicted molar refractivity (Wildman–Crippen MR) is 113 cm³/mol. The van der Waals surface area contributed by atoms with Gasteiger partial charge in [-0.25, -0.2) is 13.1 Å². The van der Waals surface area contributed by atoms with Crippen molar-refractivity contribution >= 4 is 15.8 Å². The fourth-order valence-electron chi connectivity index (χ4n) is 3.05. The number of hydrogen-bond donors (Lipinski definition) is 1. The van der Waals surface area contributed by atoms with E-state index in [1.54, 1.807) is 55.6 Å². The van der Waals surface area contributed by atoms with Crippen molar-refractivity contribution in [2.24, 2.45) is 0 Å². The molecule has 0 fully saturated rings. The van der Waals surface area contributed by atoms with Gasteiger partial charge in [0.05, 0.1) is 18.9 Å². The molecule has 0 aliphatic carbocycles. The third kappa shape index (κ3) is 6.01. The number of nitrogens with one attached hydrogen (secondary N) is 1. The maximum Gasteiger partial charge on any atom is 0.216 e. The second-order valence-corrected chi connectivity index (χ2v) is 8.45. The van der Waals surface area contributed by atoms with Gasteiger partial charge in [-0.1, -0.05) is 60.7 Å². The highest BCUT2D eigenvalue weighted by Crippen LogP contribution is 2.16. The summed E-state index contributed by atoms with van der Waals surface area (Å²) in [6.45, 7) is 0. The summed E-state index contributed by atoms with van der Waals surface area (Å²) in [6.07, 6.45) is 0.264. The Hall–Kier alpha value is -2.96. The van der Waals surface area contributed by atoms with E-state index in [0.717, 1.165) is 5.56 Å². The maximum absolute atomic E-state index is 13.1. The molecule has 0 spiro atoms. The Balaban J connectivity index is 1.84. The summed E-state index contributed by atoms with van der Waals surface area (Å²) in [7, 11) is -2.17. The Bertz CT molecular complexity index is 1030. The van der Waals surface area contributed by atoms with Crippen molar-refractivity contribution < 1.29 is 17.9 Å². The van der Waals surface area contributed by atoms with Gasteiger partial charge in [0.1, 0.15) is 5.75 Å². The molecule has 0 saturated carbocycles. The highest BCUT2D eigenvalue weighted by molar-refractivity contribution is 7.88. The topological polar surface area (TPSA) is 72.5 Å². The zero-order chi connectivity index (χ0) is 20.7. The van der Waals surface area contributed by atoms with Crippen molar-refractivity contribution in [3.8, 4) is 5.75 Å². The van der Waals surface area contributed by atoms with Crippen LogP contribution in [0.25, 0.3) is 0 Å². The van der Waals surface area contributed by atoms with Crippen LogP contribution in [0.1, 0.15) is 21.5 Å². The van der Waals surface area contributed by atoms with Crippen molar-refractivity contribution in [1.82, 2.24) is 4.72 Å². The lowest BCUT2D eigenvalue weighted by Gasteiger charge is -2.18. The summed E-state index contributed by atoms with van der Waals surface area (Å²) in [5, 5.41) is 0. The minimum Gasteiger partial charge on any atom is -0.497 e. The van der Waals surface area contributed by atoms with E-state index in [1.807, 2.05) is 36.4 Å².